The fourth-order valence-corrected chi connectivity index (χ4v) is 4.51. The van der Waals surface area contributed by atoms with Crippen molar-refractivity contribution in [2.45, 2.75) is 45.7 Å². The number of piperidine rings is 1. The number of likely N-dealkylation sites (tertiary alicyclic amines) is 1. The Morgan fingerprint density at radius 2 is 2.03 bits per heavy atom. The lowest BCUT2D eigenvalue weighted by atomic mass is 9.94. The zero-order valence-electron chi connectivity index (χ0n) is 19.5. The average Bonchev–Trinajstić information content (AvgIpc) is 3.05. The number of aromatic nitrogens is 4. The molecule has 0 N–H and O–H groups in total. The molecule has 0 spiro atoms. The van der Waals surface area contributed by atoms with Crippen molar-refractivity contribution in [2.24, 2.45) is 7.05 Å². The number of carbonyl (C=O) groups excluding carboxylic acids is 1. The van der Waals surface area contributed by atoms with E-state index in [9.17, 15) is 4.79 Å². The summed E-state index contributed by atoms with van der Waals surface area (Å²) in [6, 6.07) is 10.0. The SMILES string of the molecule is Cc1nn(C)c(C)c1CN(C)C(=O)c1ccc([C@@H]2CCCN(Cc3ccccn3)C2)nc1. The molecule has 0 saturated carbocycles. The van der Waals surface area contributed by atoms with E-state index < -0.39 is 0 Å². The molecule has 0 radical (unpaired) electrons. The number of carbonyl (C=O) groups is 1. The molecule has 1 saturated heterocycles. The first-order chi connectivity index (χ1) is 15.4. The van der Waals surface area contributed by atoms with Gasteiger partial charge in [-0.05, 0) is 57.5 Å². The topological polar surface area (TPSA) is 67.2 Å². The lowest BCUT2D eigenvalue weighted by Crippen LogP contribution is -2.34. The van der Waals surface area contributed by atoms with Crippen molar-refractivity contribution < 1.29 is 4.79 Å². The second-order valence-corrected chi connectivity index (χ2v) is 8.80. The van der Waals surface area contributed by atoms with E-state index in [2.05, 4.69) is 26.0 Å². The first-order valence-corrected chi connectivity index (χ1v) is 11.2. The van der Waals surface area contributed by atoms with E-state index >= 15 is 0 Å². The zero-order valence-corrected chi connectivity index (χ0v) is 19.5. The summed E-state index contributed by atoms with van der Waals surface area (Å²) in [5.41, 5.74) is 5.94. The molecule has 4 heterocycles. The van der Waals surface area contributed by atoms with Crippen molar-refractivity contribution in [3.05, 3.63) is 76.6 Å². The van der Waals surface area contributed by atoms with Crippen LogP contribution in [-0.4, -0.2) is 55.6 Å². The van der Waals surface area contributed by atoms with Crippen molar-refractivity contribution >= 4 is 5.91 Å². The van der Waals surface area contributed by atoms with Crippen LogP contribution in [0.25, 0.3) is 0 Å². The first kappa shape index (κ1) is 22.1. The van der Waals surface area contributed by atoms with Gasteiger partial charge < -0.3 is 4.90 Å². The molecule has 7 heteroatoms. The van der Waals surface area contributed by atoms with E-state index in [1.54, 1.807) is 11.1 Å². The smallest absolute Gasteiger partial charge is 0.255 e. The third kappa shape index (κ3) is 4.88. The molecule has 7 nitrogen and oxygen atoms in total. The third-order valence-electron chi connectivity index (χ3n) is 6.47. The van der Waals surface area contributed by atoms with Crippen molar-refractivity contribution in [3.8, 4) is 0 Å². The van der Waals surface area contributed by atoms with Gasteiger partial charge in [0.2, 0.25) is 0 Å². The van der Waals surface area contributed by atoms with Crippen LogP contribution in [0.15, 0.2) is 42.7 Å². The summed E-state index contributed by atoms with van der Waals surface area (Å²) in [5.74, 6) is 0.363. The van der Waals surface area contributed by atoms with Gasteiger partial charge in [0.15, 0.2) is 0 Å². The van der Waals surface area contributed by atoms with Crippen molar-refractivity contribution in [1.29, 1.82) is 0 Å². The van der Waals surface area contributed by atoms with Crippen molar-refractivity contribution in [1.82, 2.24) is 29.5 Å². The highest BCUT2D eigenvalue weighted by molar-refractivity contribution is 5.93. The molecule has 1 atom stereocenters. The Kier molecular flexibility index (Phi) is 6.65. The Balaban J connectivity index is 1.39. The lowest BCUT2D eigenvalue weighted by Gasteiger charge is -2.32. The monoisotopic (exact) mass is 432 g/mol. The molecule has 1 amide bonds. The largest absolute Gasteiger partial charge is 0.337 e. The molecule has 4 rings (SSSR count). The minimum absolute atomic E-state index is 0.0212. The Labute approximate surface area is 190 Å². The summed E-state index contributed by atoms with van der Waals surface area (Å²) in [7, 11) is 3.76. The van der Waals surface area contributed by atoms with Crippen LogP contribution in [0.1, 0.15) is 57.5 Å². The molecule has 0 bridgehead atoms. The summed E-state index contributed by atoms with van der Waals surface area (Å²) in [6.45, 7) is 7.48. The number of pyridine rings is 2. The number of nitrogens with zero attached hydrogens (tertiary/aromatic N) is 6. The van der Waals surface area contributed by atoms with Crippen LogP contribution in [0.4, 0.5) is 0 Å². The van der Waals surface area contributed by atoms with Gasteiger partial charge in [-0.2, -0.15) is 5.10 Å². The third-order valence-corrected chi connectivity index (χ3v) is 6.47. The maximum absolute atomic E-state index is 13.0. The van der Waals surface area contributed by atoms with Gasteiger partial charge in [0, 0.05) is 69.0 Å². The Hall–Kier alpha value is -3.06. The van der Waals surface area contributed by atoms with Gasteiger partial charge in [0.05, 0.1) is 17.0 Å². The van der Waals surface area contributed by atoms with Gasteiger partial charge in [-0.1, -0.05) is 6.07 Å². The minimum atomic E-state index is -0.0212. The molecule has 1 fully saturated rings. The van der Waals surface area contributed by atoms with Gasteiger partial charge >= 0.3 is 0 Å². The molecule has 0 aromatic carbocycles. The summed E-state index contributed by atoms with van der Waals surface area (Å²) >= 11 is 0. The average molecular weight is 433 g/mol. The number of hydrogen-bond acceptors (Lipinski definition) is 5. The van der Waals surface area contributed by atoms with Gasteiger partial charge in [-0.3, -0.25) is 24.3 Å². The number of aryl methyl sites for hydroxylation is 2. The molecule has 0 unspecified atom stereocenters. The maximum Gasteiger partial charge on any atom is 0.255 e. The molecule has 3 aromatic rings. The van der Waals surface area contributed by atoms with Crippen LogP contribution >= 0.6 is 0 Å². The molecule has 32 heavy (non-hydrogen) atoms. The molecular weight excluding hydrogens is 400 g/mol. The van der Waals surface area contributed by atoms with E-state index in [4.69, 9.17) is 0 Å². The molecule has 1 aliphatic heterocycles. The van der Waals surface area contributed by atoms with E-state index in [1.807, 2.05) is 63.1 Å². The molecule has 1 aliphatic rings. The predicted molar refractivity (Wildman–Crippen MR) is 124 cm³/mol. The molecule has 0 aliphatic carbocycles. The van der Waals surface area contributed by atoms with Crippen LogP contribution in [-0.2, 0) is 20.1 Å². The summed E-state index contributed by atoms with van der Waals surface area (Å²) in [5, 5.41) is 4.45. The summed E-state index contributed by atoms with van der Waals surface area (Å²) in [4.78, 5) is 26.3. The first-order valence-electron chi connectivity index (χ1n) is 11.2. The minimum Gasteiger partial charge on any atom is -0.337 e. The Morgan fingerprint density at radius 1 is 1.19 bits per heavy atom. The summed E-state index contributed by atoms with van der Waals surface area (Å²) in [6.07, 6.45) is 5.85. The highest BCUT2D eigenvalue weighted by atomic mass is 16.2. The normalized spacial score (nSPS) is 16.8. The van der Waals surface area contributed by atoms with Crippen LogP contribution in [0.2, 0.25) is 0 Å². The number of hydrogen-bond donors (Lipinski definition) is 0. The Morgan fingerprint density at radius 3 is 2.69 bits per heavy atom. The van der Waals surface area contributed by atoms with E-state index in [0.29, 0.717) is 18.0 Å². The van der Waals surface area contributed by atoms with Crippen LogP contribution in [0, 0.1) is 13.8 Å². The van der Waals surface area contributed by atoms with Gasteiger partial charge in [0.1, 0.15) is 0 Å². The quantitative estimate of drug-likeness (QED) is 0.597. The number of rotatable bonds is 6. The van der Waals surface area contributed by atoms with Gasteiger partial charge in [-0.15, -0.1) is 0 Å². The van der Waals surface area contributed by atoms with Crippen molar-refractivity contribution in [2.75, 3.05) is 20.1 Å². The maximum atomic E-state index is 13.0. The second-order valence-electron chi connectivity index (χ2n) is 8.80. The molecule has 168 valence electrons. The van der Waals surface area contributed by atoms with Crippen LogP contribution < -0.4 is 0 Å². The fraction of sp³-hybridized carbons (Fsp3) is 0.440. The second kappa shape index (κ2) is 9.61. The van der Waals surface area contributed by atoms with Gasteiger partial charge in [-0.25, -0.2) is 0 Å². The zero-order chi connectivity index (χ0) is 22.7. The van der Waals surface area contributed by atoms with Gasteiger partial charge in [0.25, 0.3) is 5.91 Å². The lowest BCUT2D eigenvalue weighted by molar-refractivity contribution is 0.0784. The highest BCUT2D eigenvalue weighted by Gasteiger charge is 2.23. The standard InChI is InChI=1S/C25H32N6O/c1-18-23(19(2)30(4)28-18)17-29(3)25(32)20-10-11-24(27-14-20)21-8-7-13-31(15-21)16-22-9-5-6-12-26-22/h5-6,9-12,14,21H,7-8,13,15-17H2,1-4H3/t21-/m1/s1. The van der Waals surface area contributed by atoms with Crippen LogP contribution in [0.3, 0.4) is 0 Å². The fourth-order valence-electron chi connectivity index (χ4n) is 4.51. The molecular formula is C25H32N6O. The Bertz CT molecular complexity index is 1060. The van der Waals surface area contributed by atoms with Crippen molar-refractivity contribution in [3.63, 3.8) is 0 Å². The molecule has 3 aromatic heterocycles. The van der Waals surface area contributed by atoms with E-state index in [1.165, 1.54) is 0 Å². The summed E-state index contributed by atoms with van der Waals surface area (Å²) < 4.78 is 1.86. The van der Waals surface area contributed by atoms with E-state index in [-0.39, 0.29) is 5.91 Å². The van der Waals surface area contributed by atoms with E-state index in [0.717, 1.165) is 60.8 Å². The number of amides is 1. The van der Waals surface area contributed by atoms with Crippen LogP contribution in [0.5, 0.6) is 0 Å². The predicted octanol–water partition coefficient (Wildman–Crippen LogP) is 3.48. The highest BCUT2D eigenvalue weighted by Crippen LogP contribution is 2.26.